The van der Waals surface area contributed by atoms with Gasteiger partial charge < -0.3 is 0 Å². The summed E-state index contributed by atoms with van der Waals surface area (Å²) in [6, 6.07) is 0. The quantitative estimate of drug-likeness (QED) is 0.328. The molecule has 0 saturated carbocycles. The summed E-state index contributed by atoms with van der Waals surface area (Å²) < 4.78 is 5.13. The minimum absolute atomic E-state index is 0.0506. The van der Waals surface area contributed by atoms with Crippen LogP contribution < -0.4 is 30.7 Å². The third-order valence-electron chi connectivity index (χ3n) is 0.582. The average Bonchev–Trinajstić information content (AvgIpc) is 1.69. The van der Waals surface area contributed by atoms with Crippen molar-refractivity contribution in [3.63, 3.8) is 0 Å². The molecule has 0 amide bonds. The number of allylic oxidation sites excluding steroid dienone is 1. The molecule has 7 heavy (non-hydrogen) atoms. The van der Waals surface area contributed by atoms with E-state index in [4.69, 9.17) is 5.73 Å². The van der Waals surface area contributed by atoms with Gasteiger partial charge in [0.15, 0.2) is 0 Å². The van der Waals surface area contributed by atoms with Crippen LogP contribution in [-0.4, -0.2) is 0 Å². The van der Waals surface area contributed by atoms with Gasteiger partial charge in [-0.15, -0.1) is 0 Å². The van der Waals surface area contributed by atoms with E-state index in [9.17, 15) is 0 Å². The number of rotatable bonds is 0. The van der Waals surface area contributed by atoms with Crippen LogP contribution in [0.1, 0.15) is 0 Å². The summed E-state index contributed by atoms with van der Waals surface area (Å²) in [6.07, 6.45) is 3.76. The molecule has 0 bridgehead atoms. The maximum absolute atomic E-state index is 5.40. The molecular weight excluding hydrogens is 203 g/mol. The van der Waals surface area contributed by atoms with E-state index in [-0.39, 0.29) is 21.5 Å². The average molecular weight is 209 g/mol. The fourth-order valence-electron chi connectivity index (χ4n) is 0.295. The fraction of sp³-hybridized carbons (Fsp3) is 0. The van der Waals surface area contributed by atoms with E-state index in [1.807, 2.05) is 16.4 Å². The first-order valence-corrected chi connectivity index (χ1v) is 4.22. The van der Waals surface area contributed by atoms with Gasteiger partial charge in [-0.1, -0.05) is 0 Å². The molecule has 0 fully saturated rings. The van der Waals surface area contributed by atoms with Crippen molar-refractivity contribution in [1.82, 2.24) is 3.53 Å². The van der Waals surface area contributed by atoms with Crippen LogP contribution >= 0.6 is 0 Å². The number of hydrogen-bond donors (Lipinski definition) is 2. The van der Waals surface area contributed by atoms with E-state index in [2.05, 4.69) is 3.53 Å². The van der Waals surface area contributed by atoms with Crippen molar-refractivity contribution in [2.45, 2.75) is 0 Å². The monoisotopic (exact) mass is 209 g/mol. The Hall–Kier alpha value is -0.190. The van der Waals surface area contributed by atoms with E-state index >= 15 is 0 Å². The van der Waals surface area contributed by atoms with Gasteiger partial charge in [0.2, 0.25) is 0 Å². The van der Waals surface area contributed by atoms with Crippen molar-refractivity contribution in [3.8, 4) is 0 Å². The van der Waals surface area contributed by atoms with E-state index in [0.717, 1.165) is 5.70 Å². The van der Waals surface area contributed by atoms with Crippen LogP contribution in [0, 0.1) is 0 Å². The summed E-state index contributed by atoms with van der Waals surface area (Å²) in [5.74, 6) is 0. The van der Waals surface area contributed by atoms with Gasteiger partial charge in [0.25, 0.3) is 0 Å². The molecule has 0 aromatic heterocycles. The second kappa shape index (κ2) is 2.20. The Morgan fingerprint density at radius 3 is 2.86 bits per heavy atom. The van der Waals surface area contributed by atoms with E-state index in [0.29, 0.717) is 0 Å². The molecule has 0 atom stereocenters. The second-order valence-corrected chi connectivity index (χ2v) is 3.03. The van der Waals surface area contributed by atoms with Crippen LogP contribution in [0.15, 0.2) is 22.1 Å². The van der Waals surface area contributed by atoms with Gasteiger partial charge in [-0.05, 0) is 0 Å². The van der Waals surface area contributed by atoms with E-state index < -0.39 is 0 Å². The molecule has 0 unspecified atom stereocenters. The number of halogens is 1. The molecule has 1 aliphatic heterocycles. The van der Waals surface area contributed by atoms with Crippen LogP contribution in [0.5, 0.6) is 0 Å². The minimum atomic E-state index is 0.0506. The van der Waals surface area contributed by atoms with Gasteiger partial charge in [-0.2, -0.15) is 0 Å². The molecule has 3 N–H and O–H groups in total. The van der Waals surface area contributed by atoms with Crippen molar-refractivity contribution in [3.05, 3.63) is 22.1 Å². The number of hydrogen-bond acceptors (Lipinski definition) is 2. The Kier molecular flexibility index (Phi) is 1.56. The van der Waals surface area contributed by atoms with Crippen molar-refractivity contribution in [1.29, 1.82) is 0 Å². The molecule has 0 saturated heterocycles. The van der Waals surface area contributed by atoms with Crippen molar-refractivity contribution in [2.75, 3.05) is 0 Å². The summed E-state index contributed by atoms with van der Waals surface area (Å²) in [5, 5.41) is 0. The molecular formula is C4H6IN2-. The fourth-order valence-corrected chi connectivity index (χ4v) is 1.43. The Labute approximate surface area is 53.1 Å². The van der Waals surface area contributed by atoms with Crippen LogP contribution in [0.3, 0.4) is 0 Å². The van der Waals surface area contributed by atoms with Crippen LogP contribution in [0.25, 0.3) is 0 Å². The van der Waals surface area contributed by atoms with Gasteiger partial charge in [0, 0.05) is 0 Å². The summed E-state index contributed by atoms with van der Waals surface area (Å²) >= 11 is 0.0506. The van der Waals surface area contributed by atoms with E-state index in [1.54, 1.807) is 0 Å². The van der Waals surface area contributed by atoms with Gasteiger partial charge in [0.1, 0.15) is 0 Å². The molecule has 1 aliphatic rings. The van der Waals surface area contributed by atoms with Crippen molar-refractivity contribution in [2.24, 2.45) is 5.73 Å². The normalized spacial score (nSPS) is 19.1. The molecule has 40 valence electrons. The van der Waals surface area contributed by atoms with Gasteiger partial charge >= 0.3 is 52.8 Å². The predicted molar refractivity (Wildman–Crippen MR) is 24.5 cm³/mol. The first kappa shape index (κ1) is 4.96. The first-order chi connectivity index (χ1) is 3.39. The zero-order chi connectivity index (χ0) is 5.11. The Morgan fingerprint density at radius 2 is 2.57 bits per heavy atom. The number of nitrogens with two attached hydrogens (primary N) is 1. The molecule has 2 nitrogen and oxygen atoms in total. The van der Waals surface area contributed by atoms with Gasteiger partial charge in [-0.3, -0.25) is 0 Å². The molecule has 1 rings (SSSR count). The second-order valence-electron chi connectivity index (χ2n) is 1.16. The predicted octanol–water partition coefficient (Wildman–Crippen LogP) is -3.09. The summed E-state index contributed by atoms with van der Waals surface area (Å²) in [4.78, 5) is 0. The maximum atomic E-state index is 5.40. The Morgan fingerprint density at radius 1 is 1.71 bits per heavy atom. The van der Waals surface area contributed by atoms with Crippen LogP contribution in [0.2, 0.25) is 0 Å². The van der Waals surface area contributed by atoms with Gasteiger partial charge in [0.05, 0.1) is 0 Å². The van der Waals surface area contributed by atoms with Crippen LogP contribution in [0.4, 0.5) is 0 Å². The summed E-state index contributed by atoms with van der Waals surface area (Å²) in [5.41, 5.74) is 6.29. The third-order valence-corrected chi connectivity index (χ3v) is 2.33. The molecule has 0 aliphatic carbocycles. The standard InChI is InChI=1S/C4H6IN2/c6-4-1-2-7-5-3-4/h1-3,7H,6H2/q-1. The van der Waals surface area contributed by atoms with Crippen molar-refractivity contribution < 1.29 is 21.5 Å². The molecule has 1 heterocycles. The van der Waals surface area contributed by atoms with Crippen LogP contribution in [-0.2, 0) is 0 Å². The Bertz CT molecular complexity index is 117. The third kappa shape index (κ3) is 1.38. The topological polar surface area (TPSA) is 38.0 Å². The SMILES string of the molecule is NC1=C[I-]NC=C1. The molecule has 0 radical (unpaired) electrons. The van der Waals surface area contributed by atoms with E-state index in [1.165, 1.54) is 0 Å². The summed E-state index contributed by atoms with van der Waals surface area (Å²) in [7, 11) is 0. The van der Waals surface area contributed by atoms with Crippen molar-refractivity contribution >= 4 is 0 Å². The number of nitrogens with one attached hydrogen (secondary N) is 1. The Balaban J connectivity index is 2.58. The molecule has 0 aromatic carbocycles. The summed E-state index contributed by atoms with van der Waals surface area (Å²) in [6.45, 7) is 0. The molecule has 0 aromatic rings. The zero-order valence-corrected chi connectivity index (χ0v) is 5.84. The first-order valence-electron chi connectivity index (χ1n) is 1.90. The molecule has 0 spiro atoms. The molecule has 3 heteroatoms. The van der Waals surface area contributed by atoms with Gasteiger partial charge in [-0.25, -0.2) is 0 Å². The zero-order valence-electron chi connectivity index (χ0n) is 3.69.